The molecule has 0 radical (unpaired) electrons. The average molecular weight is 240 g/mol. The van der Waals surface area contributed by atoms with Gasteiger partial charge in [0.05, 0.1) is 7.11 Å². The van der Waals surface area contributed by atoms with Gasteiger partial charge in [-0.25, -0.2) is 13.2 Å². The van der Waals surface area contributed by atoms with Gasteiger partial charge in [-0.05, 0) is 18.6 Å². The van der Waals surface area contributed by atoms with Gasteiger partial charge >= 0.3 is 0 Å². The molecule has 0 heterocycles. The van der Waals surface area contributed by atoms with Crippen LogP contribution < -0.4 is 0 Å². The SMILES string of the molecule is COC1=C(c2ccc(F)c(F)c2F)C=CCC1. The molecule has 0 saturated carbocycles. The monoisotopic (exact) mass is 240 g/mol. The van der Waals surface area contributed by atoms with Crippen molar-refractivity contribution in [2.75, 3.05) is 7.11 Å². The minimum Gasteiger partial charge on any atom is -0.500 e. The van der Waals surface area contributed by atoms with Crippen LogP contribution >= 0.6 is 0 Å². The Hall–Kier alpha value is -1.71. The van der Waals surface area contributed by atoms with Gasteiger partial charge in [-0.15, -0.1) is 0 Å². The highest BCUT2D eigenvalue weighted by atomic mass is 19.2. The molecule has 0 aliphatic heterocycles. The van der Waals surface area contributed by atoms with Crippen LogP contribution in [0.5, 0.6) is 0 Å². The fraction of sp³-hybridized carbons (Fsp3) is 0.231. The number of ether oxygens (including phenoxy) is 1. The van der Waals surface area contributed by atoms with Crippen molar-refractivity contribution in [1.82, 2.24) is 0 Å². The molecule has 17 heavy (non-hydrogen) atoms. The van der Waals surface area contributed by atoms with Gasteiger partial charge in [0.2, 0.25) is 0 Å². The molecule has 90 valence electrons. The Morgan fingerprint density at radius 2 is 1.88 bits per heavy atom. The summed E-state index contributed by atoms with van der Waals surface area (Å²) < 4.78 is 44.7. The molecule has 1 aliphatic carbocycles. The molecule has 1 aliphatic rings. The molecule has 0 spiro atoms. The molecule has 0 atom stereocenters. The van der Waals surface area contributed by atoms with E-state index in [2.05, 4.69) is 0 Å². The van der Waals surface area contributed by atoms with E-state index in [1.54, 1.807) is 6.08 Å². The van der Waals surface area contributed by atoms with Crippen LogP contribution in [0.4, 0.5) is 13.2 Å². The quantitative estimate of drug-likeness (QED) is 0.714. The summed E-state index contributed by atoms with van der Waals surface area (Å²) in [5, 5.41) is 0. The summed E-state index contributed by atoms with van der Waals surface area (Å²) in [6.07, 6.45) is 4.93. The predicted octanol–water partition coefficient (Wildman–Crippen LogP) is 3.81. The molecule has 0 fully saturated rings. The zero-order valence-electron chi connectivity index (χ0n) is 9.27. The first-order valence-electron chi connectivity index (χ1n) is 5.22. The maximum Gasteiger partial charge on any atom is 0.195 e. The van der Waals surface area contributed by atoms with Crippen LogP contribution in [-0.2, 0) is 4.74 Å². The van der Waals surface area contributed by atoms with E-state index in [0.29, 0.717) is 17.8 Å². The van der Waals surface area contributed by atoms with Gasteiger partial charge in [-0.1, -0.05) is 12.2 Å². The van der Waals surface area contributed by atoms with E-state index in [1.807, 2.05) is 6.08 Å². The van der Waals surface area contributed by atoms with Crippen molar-refractivity contribution < 1.29 is 17.9 Å². The topological polar surface area (TPSA) is 9.23 Å². The summed E-state index contributed by atoms with van der Waals surface area (Å²) in [5.41, 5.74) is 0.492. The molecular formula is C13H11F3O. The van der Waals surface area contributed by atoms with Crippen molar-refractivity contribution in [1.29, 1.82) is 0 Å². The molecule has 4 heteroatoms. The summed E-state index contributed by atoms with van der Waals surface area (Å²) in [6.45, 7) is 0. The Balaban J connectivity index is 2.57. The second kappa shape index (κ2) is 4.65. The van der Waals surface area contributed by atoms with Crippen LogP contribution in [0.25, 0.3) is 5.57 Å². The molecule has 0 unspecified atom stereocenters. The second-order valence-electron chi connectivity index (χ2n) is 3.70. The first-order valence-corrected chi connectivity index (χ1v) is 5.22. The van der Waals surface area contributed by atoms with E-state index in [4.69, 9.17) is 4.74 Å². The lowest BCUT2D eigenvalue weighted by Gasteiger charge is -2.15. The van der Waals surface area contributed by atoms with Crippen LogP contribution in [0.1, 0.15) is 18.4 Å². The van der Waals surface area contributed by atoms with Crippen molar-refractivity contribution >= 4 is 5.57 Å². The van der Waals surface area contributed by atoms with Crippen LogP contribution in [-0.4, -0.2) is 7.11 Å². The van der Waals surface area contributed by atoms with Gasteiger partial charge in [0.25, 0.3) is 0 Å². The van der Waals surface area contributed by atoms with E-state index < -0.39 is 17.5 Å². The van der Waals surface area contributed by atoms with Crippen LogP contribution in [0, 0.1) is 17.5 Å². The Morgan fingerprint density at radius 3 is 2.59 bits per heavy atom. The lowest BCUT2D eigenvalue weighted by Crippen LogP contribution is -2.02. The largest absolute Gasteiger partial charge is 0.500 e. The zero-order chi connectivity index (χ0) is 12.4. The number of halogens is 3. The maximum atomic E-state index is 13.6. The fourth-order valence-corrected chi connectivity index (χ4v) is 1.83. The van der Waals surface area contributed by atoms with Crippen molar-refractivity contribution in [2.24, 2.45) is 0 Å². The molecule has 0 bridgehead atoms. The predicted molar refractivity (Wildman–Crippen MR) is 58.6 cm³/mol. The third-order valence-electron chi connectivity index (χ3n) is 2.69. The number of hydrogen-bond acceptors (Lipinski definition) is 1. The molecule has 1 aromatic rings. The van der Waals surface area contributed by atoms with E-state index >= 15 is 0 Å². The van der Waals surface area contributed by atoms with Crippen molar-refractivity contribution in [2.45, 2.75) is 12.8 Å². The zero-order valence-corrected chi connectivity index (χ0v) is 9.27. The van der Waals surface area contributed by atoms with Gasteiger partial charge in [-0.2, -0.15) is 0 Å². The Morgan fingerprint density at radius 1 is 1.12 bits per heavy atom. The number of benzene rings is 1. The van der Waals surface area contributed by atoms with Crippen LogP contribution in [0.2, 0.25) is 0 Å². The number of rotatable bonds is 2. The van der Waals surface area contributed by atoms with Crippen LogP contribution in [0.3, 0.4) is 0 Å². The van der Waals surface area contributed by atoms with E-state index in [0.717, 1.165) is 12.5 Å². The van der Waals surface area contributed by atoms with Crippen molar-refractivity contribution in [3.63, 3.8) is 0 Å². The summed E-state index contributed by atoms with van der Waals surface area (Å²) in [5.74, 6) is -3.24. The molecular weight excluding hydrogens is 229 g/mol. The second-order valence-corrected chi connectivity index (χ2v) is 3.70. The summed E-state index contributed by atoms with van der Waals surface area (Å²) in [4.78, 5) is 0. The molecule has 1 aromatic carbocycles. The van der Waals surface area contributed by atoms with E-state index in [1.165, 1.54) is 13.2 Å². The van der Waals surface area contributed by atoms with Gasteiger partial charge in [0.1, 0.15) is 5.76 Å². The lowest BCUT2D eigenvalue weighted by molar-refractivity contribution is 0.279. The number of hydrogen-bond donors (Lipinski definition) is 0. The molecule has 0 saturated heterocycles. The van der Waals surface area contributed by atoms with Gasteiger partial charge in [0.15, 0.2) is 17.5 Å². The average Bonchev–Trinajstić information content (AvgIpc) is 2.36. The lowest BCUT2D eigenvalue weighted by atomic mass is 9.97. The highest BCUT2D eigenvalue weighted by Gasteiger charge is 2.19. The third kappa shape index (κ3) is 2.07. The van der Waals surface area contributed by atoms with Gasteiger partial charge in [0, 0.05) is 17.6 Å². The minimum absolute atomic E-state index is 0.0247. The molecule has 1 nitrogen and oxygen atoms in total. The molecule has 0 amide bonds. The number of allylic oxidation sites excluding steroid dienone is 4. The minimum atomic E-state index is -1.45. The smallest absolute Gasteiger partial charge is 0.195 e. The summed E-state index contributed by atoms with van der Waals surface area (Å²) in [7, 11) is 1.48. The van der Waals surface area contributed by atoms with Gasteiger partial charge < -0.3 is 4.74 Å². The highest BCUT2D eigenvalue weighted by molar-refractivity contribution is 5.77. The summed E-state index contributed by atoms with van der Waals surface area (Å²) >= 11 is 0. The number of methoxy groups -OCH3 is 1. The van der Waals surface area contributed by atoms with E-state index in [9.17, 15) is 13.2 Å². The normalized spacial score (nSPS) is 15.3. The fourth-order valence-electron chi connectivity index (χ4n) is 1.83. The highest BCUT2D eigenvalue weighted by Crippen LogP contribution is 2.30. The maximum absolute atomic E-state index is 13.6. The van der Waals surface area contributed by atoms with Crippen molar-refractivity contribution in [3.05, 3.63) is 53.1 Å². The van der Waals surface area contributed by atoms with Crippen LogP contribution in [0.15, 0.2) is 30.0 Å². The van der Waals surface area contributed by atoms with Gasteiger partial charge in [-0.3, -0.25) is 0 Å². The Labute approximate surface area is 97.2 Å². The van der Waals surface area contributed by atoms with E-state index in [-0.39, 0.29) is 5.56 Å². The molecule has 0 aromatic heterocycles. The molecule has 0 N–H and O–H groups in total. The Bertz CT molecular complexity index is 504. The Kier molecular flexibility index (Phi) is 3.22. The molecule has 2 rings (SSSR count). The summed E-state index contributed by atoms with van der Waals surface area (Å²) in [6, 6.07) is 2.13. The third-order valence-corrected chi connectivity index (χ3v) is 2.69. The first-order chi connectivity index (χ1) is 8.15. The standard InChI is InChI=1S/C13H11F3O/c1-17-11-5-3-2-4-8(11)9-6-7-10(14)13(16)12(9)15/h2,4,6-7H,3,5H2,1H3. The first kappa shape index (κ1) is 11.8. The van der Waals surface area contributed by atoms with Crippen molar-refractivity contribution in [3.8, 4) is 0 Å².